The molecule has 1 fully saturated rings. The molecule has 1 aromatic rings. The van der Waals surface area contributed by atoms with Crippen molar-refractivity contribution in [3.05, 3.63) is 12.4 Å². The quantitative estimate of drug-likeness (QED) is 0.737. The first kappa shape index (κ1) is 13.0. The monoisotopic (exact) mass is 251 g/mol. The van der Waals surface area contributed by atoms with E-state index in [0.717, 1.165) is 32.2 Å². The lowest BCUT2D eigenvalue weighted by Gasteiger charge is -2.27. The molecule has 0 saturated heterocycles. The molecule has 1 saturated carbocycles. The number of rotatable bonds is 5. The van der Waals surface area contributed by atoms with Gasteiger partial charge in [0.2, 0.25) is 5.91 Å². The molecular formula is C12H21N5O. The normalized spacial score (nSPS) is 27.3. The molecule has 0 radical (unpaired) electrons. The number of nitrogens with zero attached hydrogens (tertiary/aromatic N) is 3. The van der Waals surface area contributed by atoms with Gasteiger partial charge in [-0.25, -0.2) is 0 Å². The second-order valence-corrected chi connectivity index (χ2v) is 5.19. The molecule has 0 aromatic carbocycles. The summed E-state index contributed by atoms with van der Waals surface area (Å²) in [7, 11) is 0. The van der Waals surface area contributed by atoms with Crippen molar-refractivity contribution in [1.82, 2.24) is 20.3 Å². The lowest BCUT2D eigenvalue weighted by molar-refractivity contribution is -0.130. The summed E-state index contributed by atoms with van der Waals surface area (Å²) in [5.41, 5.74) is 5.63. The van der Waals surface area contributed by atoms with Crippen LogP contribution in [-0.4, -0.2) is 33.5 Å². The Morgan fingerprint density at radius 1 is 1.67 bits per heavy atom. The molecule has 2 unspecified atom stereocenters. The smallest absolute Gasteiger partial charge is 0.227 e. The maximum Gasteiger partial charge on any atom is 0.227 e. The Kier molecular flexibility index (Phi) is 3.96. The van der Waals surface area contributed by atoms with E-state index in [0.29, 0.717) is 6.54 Å². The molecule has 0 bridgehead atoms. The molecule has 6 heteroatoms. The summed E-state index contributed by atoms with van der Waals surface area (Å²) in [6, 6.07) is -0.00665. The standard InChI is InChI=1S/C12H21N5O/c1-12(5-2-4-10(12)13)11(18)14-6-3-8-17-9-7-15-16-17/h7,9-10H,2-6,8,13H2,1H3,(H,14,18). The number of amides is 1. The summed E-state index contributed by atoms with van der Waals surface area (Å²) in [6.07, 6.45) is 7.20. The Morgan fingerprint density at radius 2 is 2.50 bits per heavy atom. The summed E-state index contributed by atoms with van der Waals surface area (Å²) in [6.45, 7) is 3.39. The van der Waals surface area contributed by atoms with Crippen molar-refractivity contribution in [3.8, 4) is 0 Å². The van der Waals surface area contributed by atoms with Crippen molar-refractivity contribution >= 4 is 5.91 Å². The second kappa shape index (κ2) is 5.48. The van der Waals surface area contributed by atoms with Gasteiger partial charge in [0, 0.05) is 25.3 Å². The van der Waals surface area contributed by atoms with E-state index in [2.05, 4.69) is 15.6 Å². The maximum atomic E-state index is 12.1. The van der Waals surface area contributed by atoms with Crippen LogP contribution in [0.4, 0.5) is 0 Å². The molecule has 1 aliphatic rings. The van der Waals surface area contributed by atoms with Crippen LogP contribution in [0.15, 0.2) is 12.4 Å². The molecule has 2 rings (SSSR count). The van der Waals surface area contributed by atoms with Crippen LogP contribution in [0.1, 0.15) is 32.6 Å². The molecule has 0 aliphatic heterocycles. The van der Waals surface area contributed by atoms with Crippen molar-refractivity contribution in [2.75, 3.05) is 6.54 Å². The molecule has 6 nitrogen and oxygen atoms in total. The molecular weight excluding hydrogens is 230 g/mol. The third-order valence-corrected chi connectivity index (χ3v) is 3.87. The predicted octanol–water partition coefficient (Wildman–Crippen LogP) is 0.302. The molecule has 1 aliphatic carbocycles. The number of nitrogens with two attached hydrogens (primary N) is 1. The number of carbonyl (C=O) groups excluding carboxylic acids is 1. The van der Waals surface area contributed by atoms with Crippen LogP contribution < -0.4 is 11.1 Å². The van der Waals surface area contributed by atoms with Gasteiger partial charge < -0.3 is 11.1 Å². The van der Waals surface area contributed by atoms with Gasteiger partial charge in [-0.1, -0.05) is 11.6 Å². The molecule has 2 atom stereocenters. The minimum absolute atomic E-state index is 0.00665. The van der Waals surface area contributed by atoms with Gasteiger partial charge in [0.25, 0.3) is 0 Å². The topological polar surface area (TPSA) is 85.8 Å². The molecule has 1 heterocycles. The highest BCUT2D eigenvalue weighted by Crippen LogP contribution is 2.36. The number of hydrogen-bond donors (Lipinski definition) is 2. The number of aromatic nitrogens is 3. The van der Waals surface area contributed by atoms with Crippen LogP contribution in [0, 0.1) is 5.41 Å². The van der Waals surface area contributed by atoms with Gasteiger partial charge in [0.15, 0.2) is 0 Å². The Bertz CT molecular complexity index is 391. The molecule has 1 aromatic heterocycles. The van der Waals surface area contributed by atoms with Crippen molar-refractivity contribution in [3.63, 3.8) is 0 Å². The molecule has 18 heavy (non-hydrogen) atoms. The fourth-order valence-electron chi connectivity index (χ4n) is 2.47. The van der Waals surface area contributed by atoms with Crippen LogP contribution in [0.3, 0.4) is 0 Å². The zero-order chi connectivity index (χ0) is 13.0. The van der Waals surface area contributed by atoms with E-state index in [-0.39, 0.29) is 17.4 Å². The van der Waals surface area contributed by atoms with Crippen molar-refractivity contribution in [1.29, 1.82) is 0 Å². The van der Waals surface area contributed by atoms with Crippen LogP contribution in [0.2, 0.25) is 0 Å². The first-order valence-corrected chi connectivity index (χ1v) is 6.51. The molecule has 100 valence electrons. The number of hydrogen-bond acceptors (Lipinski definition) is 4. The second-order valence-electron chi connectivity index (χ2n) is 5.19. The fourth-order valence-corrected chi connectivity index (χ4v) is 2.47. The lowest BCUT2D eigenvalue weighted by Crippen LogP contribution is -2.47. The van der Waals surface area contributed by atoms with E-state index >= 15 is 0 Å². The summed E-state index contributed by atoms with van der Waals surface area (Å²) < 4.78 is 1.76. The minimum atomic E-state index is -0.382. The summed E-state index contributed by atoms with van der Waals surface area (Å²) in [4.78, 5) is 12.1. The van der Waals surface area contributed by atoms with E-state index in [4.69, 9.17) is 5.73 Å². The highest BCUT2D eigenvalue weighted by Gasteiger charge is 2.42. The SMILES string of the molecule is CC1(C(=O)NCCCn2ccnn2)CCCC1N. The largest absolute Gasteiger partial charge is 0.356 e. The van der Waals surface area contributed by atoms with Gasteiger partial charge in [-0.15, -0.1) is 5.10 Å². The summed E-state index contributed by atoms with van der Waals surface area (Å²) in [5.74, 6) is 0.0890. The number of nitrogens with one attached hydrogen (secondary N) is 1. The lowest BCUT2D eigenvalue weighted by atomic mass is 9.84. The van der Waals surface area contributed by atoms with Gasteiger partial charge in [0.05, 0.1) is 11.6 Å². The third kappa shape index (κ3) is 2.69. The summed E-state index contributed by atoms with van der Waals surface area (Å²) in [5, 5.41) is 10.6. The fraction of sp³-hybridized carbons (Fsp3) is 0.750. The summed E-state index contributed by atoms with van der Waals surface area (Å²) >= 11 is 0. The van der Waals surface area contributed by atoms with Crippen LogP contribution in [0.5, 0.6) is 0 Å². The van der Waals surface area contributed by atoms with Gasteiger partial charge in [-0.2, -0.15) is 0 Å². The van der Waals surface area contributed by atoms with Crippen LogP contribution in [-0.2, 0) is 11.3 Å². The van der Waals surface area contributed by atoms with Gasteiger partial charge in [-0.3, -0.25) is 9.48 Å². The van der Waals surface area contributed by atoms with E-state index < -0.39 is 0 Å². The zero-order valence-corrected chi connectivity index (χ0v) is 10.8. The minimum Gasteiger partial charge on any atom is -0.356 e. The average Bonchev–Trinajstić information content (AvgIpc) is 2.97. The maximum absolute atomic E-state index is 12.1. The van der Waals surface area contributed by atoms with E-state index in [1.807, 2.05) is 13.1 Å². The van der Waals surface area contributed by atoms with Crippen molar-refractivity contribution in [2.24, 2.45) is 11.1 Å². The first-order valence-electron chi connectivity index (χ1n) is 6.51. The van der Waals surface area contributed by atoms with Crippen LogP contribution in [0.25, 0.3) is 0 Å². The van der Waals surface area contributed by atoms with Crippen molar-refractivity contribution in [2.45, 2.75) is 45.2 Å². The Hall–Kier alpha value is -1.43. The van der Waals surface area contributed by atoms with Crippen molar-refractivity contribution < 1.29 is 4.79 Å². The highest BCUT2D eigenvalue weighted by atomic mass is 16.2. The number of aryl methyl sites for hydroxylation is 1. The van der Waals surface area contributed by atoms with Crippen LogP contribution >= 0.6 is 0 Å². The molecule has 3 N–H and O–H groups in total. The Balaban J connectivity index is 1.72. The van der Waals surface area contributed by atoms with Gasteiger partial charge in [0.1, 0.15) is 0 Å². The van der Waals surface area contributed by atoms with E-state index in [1.54, 1.807) is 10.9 Å². The van der Waals surface area contributed by atoms with E-state index in [9.17, 15) is 4.79 Å². The Labute approximate surface area is 107 Å². The third-order valence-electron chi connectivity index (χ3n) is 3.87. The first-order chi connectivity index (χ1) is 8.63. The molecule has 0 spiro atoms. The average molecular weight is 251 g/mol. The zero-order valence-electron chi connectivity index (χ0n) is 10.8. The van der Waals surface area contributed by atoms with E-state index in [1.165, 1.54) is 0 Å². The Morgan fingerprint density at radius 3 is 3.11 bits per heavy atom. The van der Waals surface area contributed by atoms with Gasteiger partial charge in [-0.05, 0) is 26.2 Å². The highest BCUT2D eigenvalue weighted by molar-refractivity contribution is 5.83. The number of carbonyl (C=O) groups is 1. The predicted molar refractivity (Wildman–Crippen MR) is 67.6 cm³/mol. The van der Waals surface area contributed by atoms with Gasteiger partial charge >= 0.3 is 0 Å². The molecule has 1 amide bonds.